The number of terminal acetylenes is 1. The summed E-state index contributed by atoms with van der Waals surface area (Å²) >= 11 is 0. The molecule has 0 bridgehead atoms. The summed E-state index contributed by atoms with van der Waals surface area (Å²) in [5, 5.41) is 11.5. The van der Waals surface area contributed by atoms with Crippen LogP contribution < -0.4 is 5.32 Å². The van der Waals surface area contributed by atoms with Gasteiger partial charge in [0.1, 0.15) is 0 Å². The van der Waals surface area contributed by atoms with E-state index in [1.54, 1.807) is 0 Å². The Balaban J connectivity index is 3.75. The Morgan fingerprint density at radius 3 is 2.67 bits per heavy atom. The van der Waals surface area contributed by atoms with Gasteiger partial charge >= 0.3 is 5.97 Å². The summed E-state index contributed by atoms with van der Waals surface area (Å²) in [6.45, 7) is 3.78. The minimum atomic E-state index is -0.804. The first-order chi connectivity index (χ1) is 5.60. The van der Waals surface area contributed by atoms with Gasteiger partial charge in [0.05, 0.1) is 12.5 Å². The van der Waals surface area contributed by atoms with E-state index in [0.717, 1.165) is 6.42 Å². The summed E-state index contributed by atoms with van der Waals surface area (Å²) < 4.78 is 0. The molecule has 0 aliphatic rings. The van der Waals surface area contributed by atoms with E-state index in [2.05, 4.69) is 11.2 Å². The van der Waals surface area contributed by atoms with Crippen LogP contribution in [0.2, 0.25) is 0 Å². The van der Waals surface area contributed by atoms with Crippen molar-refractivity contribution in [1.29, 1.82) is 0 Å². The fourth-order valence-corrected chi connectivity index (χ4v) is 0.948. The molecule has 12 heavy (non-hydrogen) atoms. The normalized spacial score (nSPS) is 14.8. The largest absolute Gasteiger partial charge is 0.481 e. The van der Waals surface area contributed by atoms with Crippen LogP contribution in [0.3, 0.4) is 0 Å². The van der Waals surface area contributed by atoms with Crippen LogP contribution in [-0.4, -0.2) is 23.2 Å². The second kappa shape index (κ2) is 5.62. The second-order valence-corrected chi connectivity index (χ2v) is 2.79. The van der Waals surface area contributed by atoms with Gasteiger partial charge in [0.25, 0.3) is 0 Å². The Kier molecular flexibility index (Phi) is 5.14. The van der Waals surface area contributed by atoms with Crippen LogP contribution in [0, 0.1) is 12.3 Å². The number of hydrogen-bond acceptors (Lipinski definition) is 2. The number of hydrogen-bond donors (Lipinski definition) is 2. The molecule has 2 unspecified atom stereocenters. The van der Waals surface area contributed by atoms with Gasteiger partial charge in [-0.15, -0.1) is 6.42 Å². The molecule has 0 saturated carbocycles. The van der Waals surface area contributed by atoms with Gasteiger partial charge in [-0.1, -0.05) is 12.8 Å². The van der Waals surface area contributed by atoms with Crippen molar-refractivity contribution in [3.8, 4) is 12.3 Å². The number of nitrogens with one attached hydrogen (secondary N) is 1. The average Bonchev–Trinajstić information content (AvgIpc) is 1.98. The molecule has 0 aromatic rings. The van der Waals surface area contributed by atoms with Gasteiger partial charge in [0.2, 0.25) is 0 Å². The smallest absolute Gasteiger partial charge is 0.304 e. The lowest BCUT2D eigenvalue weighted by molar-refractivity contribution is -0.137. The van der Waals surface area contributed by atoms with Gasteiger partial charge in [-0.25, -0.2) is 0 Å². The molecular formula is C9H15NO2. The zero-order chi connectivity index (χ0) is 9.56. The molecule has 3 nitrogen and oxygen atoms in total. The van der Waals surface area contributed by atoms with Gasteiger partial charge in [0, 0.05) is 6.04 Å². The summed E-state index contributed by atoms with van der Waals surface area (Å²) in [5.74, 6) is 1.75. The molecule has 0 rings (SSSR count). The van der Waals surface area contributed by atoms with Gasteiger partial charge in [-0.2, -0.15) is 0 Å². The standard InChI is InChI=1S/C9H15NO2/c1-4-8(5-2)10-7(3)6-9(11)12/h1,7-8,10H,5-6H2,2-3H3,(H,11,12). The molecule has 0 aromatic carbocycles. The number of aliphatic carboxylic acids is 1. The molecule has 2 atom stereocenters. The first kappa shape index (κ1) is 11.0. The Morgan fingerprint density at radius 1 is 1.75 bits per heavy atom. The third-order valence-electron chi connectivity index (χ3n) is 1.58. The highest BCUT2D eigenvalue weighted by atomic mass is 16.4. The van der Waals surface area contributed by atoms with Crippen molar-refractivity contribution in [3.05, 3.63) is 0 Å². The van der Waals surface area contributed by atoms with Crippen molar-refractivity contribution in [2.24, 2.45) is 0 Å². The molecule has 0 spiro atoms. The molecule has 0 saturated heterocycles. The van der Waals surface area contributed by atoms with Crippen molar-refractivity contribution in [3.63, 3.8) is 0 Å². The monoisotopic (exact) mass is 169 g/mol. The average molecular weight is 169 g/mol. The molecule has 68 valence electrons. The molecule has 0 heterocycles. The van der Waals surface area contributed by atoms with Crippen LogP contribution in [-0.2, 0) is 4.79 Å². The third-order valence-corrected chi connectivity index (χ3v) is 1.58. The first-order valence-electron chi connectivity index (χ1n) is 4.04. The molecule has 0 aliphatic heterocycles. The van der Waals surface area contributed by atoms with Crippen molar-refractivity contribution in [2.45, 2.75) is 38.8 Å². The molecular weight excluding hydrogens is 154 g/mol. The minimum absolute atomic E-state index is 0.0145. The van der Waals surface area contributed by atoms with Crippen molar-refractivity contribution < 1.29 is 9.90 Å². The van der Waals surface area contributed by atoms with Crippen LogP contribution in [0.25, 0.3) is 0 Å². The highest BCUT2D eigenvalue weighted by Gasteiger charge is 2.10. The van der Waals surface area contributed by atoms with Crippen LogP contribution >= 0.6 is 0 Å². The molecule has 0 radical (unpaired) electrons. The minimum Gasteiger partial charge on any atom is -0.481 e. The maximum Gasteiger partial charge on any atom is 0.304 e. The fraction of sp³-hybridized carbons (Fsp3) is 0.667. The summed E-state index contributed by atoms with van der Waals surface area (Å²) in [4.78, 5) is 10.3. The highest BCUT2D eigenvalue weighted by Crippen LogP contribution is 1.95. The van der Waals surface area contributed by atoms with Crippen LogP contribution in [0.5, 0.6) is 0 Å². The molecule has 2 N–H and O–H groups in total. The number of carbonyl (C=O) groups is 1. The fourth-order valence-electron chi connectivity index (χ4n) is 0.948. The van der Waals surface area contributed by atoms with E-state index in [9.17, 15) is 4.79 Å². The van der Waals surface area contributed by atoms with Crippen molar-refractivity contribution in [1.82, 2.24) is 5.32 Å². The summed E-state index contributed by atoms with van der Waals surface area (Å²) in [6, 6.07) is -0.0807. The van der Waals surface area contributed by atoms with Gasteiger partial charge < -0.3 is 10.4 Å². The predicted octanol–water partition coefficient (Wildman–Crippen LogP) is 0.851. The Bertz CT molecular complexity index is 183. The van der Waals surface area contributed by atoms with E-state index in [-0.39, 0.29) is 18.5 Å². The zero-order valence-electron chi connectivity index (χ0n) is 7.50. The molecule has 0 aromatic heterocycles. The Hall–Kier alpha value is -1.01. The van der Waals surface area contributed by atoms with Gasteiger partial charge in [0.15, 0.2) is 0 Å². The predicted molar refractivity (Wildman–Crippen MR) is 47.8 cm³/mol. The number of carboxylic acids is 1. The Labute approximate surface area is 73.2 Å². The number of rotatable bonds is 5. The van der Waals surface area contributed by atoms with E-state index in [1.165, 1.54) is 0 Å². The molecule has 0 amide bonds. The first-order valence-corrected chi connectivity index (χ1v) is 4.04. The number of carboxylic acid groups (broad SMARTS) is 1. The van der Waals surface area contributed by atoms with Gasteiger partial charge in [-0.3, -0.25) is 4.79 Å². The van der Waals surface area contributed by atoms with E-state index >= 15 is 0 Å². The lowest BCUT2D eigenvalue weighted by Crippen LogP contribution is -2.36. The van der Waals surface area contributed by atoms with Gasteiger partial charge in [-0.05, 0) is 13.3 Å². The maximum absolute atomic E-state index is 10.3. The highest BCUT2D eigenvalue weighted by molar-refractivity contribution is 5.67. The quantitative estimate of drug-likeness (QED) is 0.600. The van der Waals surface area contributed by atoms with E-state index < -0.39 is 5.97 Å². The summed E-state index contributed by atoms with van der Waals surface area (Å²) in [5.41, 5.74) is 0. The Morgan fingerprint density at radius 2 is 2.33 bits per heavy atom. The van der Waals surface area contributed by atoms with E-state index in [0.29, 0.717) is 0 Å². The molecule has 0 aliphatic carbocycles. The topological polar surface area (TPSA) is 49.3 Å². The van der Waals surface area contributed by atoms with Crippen molar-refractivity contribution >= 4 is 5.97 Å². The van der Waals surface area contributed by atoms with Crippen LogP contribution in [0.1, 0.15) is 26.7 Å². The molecule has 0 fully saturated rings. The van der Waals surface area contributed by atoms with E-state index in [4.69, 9.17) is 11.5 Å². The third kappa shape index (κ3) is 4.75. The molecule has 3 heteroatoms. The van der Waals surface area contributed by atoms with Crippen molar-refractivity contribution in [2.75, 3.05) is 0 Å². The maximum atomic E-state index is 10.3. The lowest BCUT2D eigenvalue weighted by atomic mass is 10.1. The summed E-state index contributed by atoms with van der Waals surface area (Å²) in [6.07, 6.45) is 6.13. The van der Waals surface area contributed by atoms with E-state index in [1.807, 2.05) is 13.8 Å². The SMILES string of the molecule is C#CC(CC)NC(C)CC(=O)O. The van der Waals surface area contributed by atoms with Crippen LogP contribution in [0.4, 0.5) is 0 Å². The second-order valence-electron chi connectivity index (χ2n) is 2.79. The van der Waals surface area contributed by atoms with Crippen LogP contribution in [0.15, 0.2) is 0 Å². The summed E-state index contributed by atoms with van der Waals surface area (Å²) in [7, 11) is 0. The zero-order valence-corrected chi connectivity index (χ0v) is 7.50. The lowest BCUT2D eigenvalue weighted by Gasteiger charge is -2.15.